The third kappa shape index (κ3) is 10.8. The molecular formula is C49H44N8O5S+2. The highest BCUT2D eigenvalue weighted by Crippen LogP contribution is 2.20. The molecule has 63 heavy (non-hydrogen) atoms. The van der Waals surface area contributed by atoms with Crippen molar-refractivity contribution < 1.29 is 31.7 Å². The molecule has 2 amide bonds. The van der Waals surface area contributed by atoms with Crippen LogP contribution >= 0.6 is 0 Å². The number of aromatic nitrogens is 4. The number of fused-ring (bicyclic) bond motifs is 2. The summed E-state index contributed by atoms with van der Waals surface area (Å²) in [6, 6.07) is 40.9. The average Bonchev–Trinajstić information content (AvgIpc) is 3.82. The van der Waals surface area contributed by atoms with Gasteiger partial charge in [-0.25, -0.2) is 28.8 Å². The summed E-state index contributed by atoms with van der Waals surface area (Å²) in [5, 5.41) is 8.01. The van der Waals surface area contributed by atoms with Crippen LogP contribution in [0.4, 0.5) is 0 Å². The zero-order valence-corrected chi connectivity index (χ0v) is 35.5. The molecule has 4 aromatic heterocycles. The number of pyridine rings is 2. The average molecular weight is 857 g/mol. The predicted octanol–water partition coefficient (Wildman–Crippen LogP) is 7.27. The molecular weight excluding hydrogens is 813 g/mol. The van der Waals surface area contributed by atoms with Gasteiger partial charge in [-0.05, 0) is 103 Å². The molecule has 0 aliphatic rings. The van der Waals surface area contributed by atoms with Gasteiger partial charge in [-0.3, -0.25) is 14.1 Å². The number of imidazole rings is 2. The smallest absolute Gasteiger partial charge is 0.282 e. The zero-order chi connectivity index (χ0) is 44.3. The summed E-state index contributed by atoms with van der Waals surface area (Å²) in [5.41, 5.74) is 15.4. The number of carbonyl (C=O) groups is 2. The largest absolute Gasteiger partial charge is 0.294 e. The Morgan fingerprint density at radius 1 is 0.587 bits per heavy atom. The van der Waals surface area contributed by atoms with Crippen LogP contribution in [0.25, 0.3) is 46.0 Å². The van der Waals surface area contributed by atoms with E-state index in [9.17, 15) is 18.0 Å². The second-order valence-corrected chi connectivity index (χ2v) is 15.8. The fraction of sp³-hybridized carbons (Fsp3) is 0.0612. The minimum absolute atomic E-state index is 0.0666. The van der Waals surface area contributed by atoms with Gasteiger partial charge in [-0.1, -0.05) is 66.2 Å². The van der Waals surface area contributed by atoms with Gasteiger partial charge in [0.15, 0.2) is 11.4 Å². The molecule has 8 aromatic rings. The van der Waals surface area contributed by atoms with Gasteiger partial charge >= 0.3 is 0 Å². The van der Waals surface area contributed by atoms with Crippen molar-refractivity contribution in [2.75, 3.05) is 0 Å². The van der Waals surface area contributed by atoms with Crippen LogP contribution in [-0.4, -0.2) is 46.0 Å². The predicted molar refractivity (Wildman–Crippen MR) is 245 cm³/mol. The SMILES string of the molecule is C[n+]1c(-c2ccc(C=CC=NNC(=O)c3ccc(C(=O)NN=CC=Cc4ccc(-c5cn6ccccc6[n+]5C)cc4)cc3)cc2)cn2ccccc21.Cc1ccc(S(=O)(=O)O)cc1. The van der Waals surface area contributed by atoms with E-state index in [-0.39, 0.29) is 16.7 Å². The quantitative estimate of drug-likeness (QED) is 0.0541. The molecule has 3 N–H and O–H groups in total. The molecule has 0 saturated heterocycles. The van der Waals surface area contributed by atoms with Crippen molar-refractivity contribution in [3.8, 4) is 22.5 Å². The first kappa shape index (κ1) is 43.0. The van der Waals surface area contributed by atoms with E-state index in [1.807, 2.05) is 80.0 Å². The number of nitrogens with one attached hydrogen (secondary N) is 2. The number of benzene rings is 4. The summed E-state index contributed by atoms with van der Waals surface area (Å²) in [5.74, 6) is -0.776. The number of hydrogen-bond acceptors (Lipinski definition) is 6. The van der Waals surface area contributed by atoms with Crippen LogP contribution in [0.15, 0.2) is 185 Å². The van der Waals surface area contributed by atoms with Gasteiger partial charge < -0.3 is 0 Å². The molecule has 4 aromatic carbocycles. The summed E-state index contributed by atoms with van der Waals surface area (Å²) in [6.07, 6.45) is 18.7. The fourth-order valence-electron chi connectivity index (χ4n) is 6.63. The molecule has 14 heteroatoms. The van der Waals surface area contributed by atoms with Gasteiger partial charge in [0.2, 0.25) is 0 Å². The number of hydrazone groups is 2. The Kier molecular flexibility index (Phi) is 13.3. The molecule has 0 aliphatic heterocycles. The lowest BCUT2D eigenvalue weighted by Gasteiger charge is -2.02. The first-order valence-electron chi connectivity index (χ1n) is 19.7. The monoisotopic (exact) mass is 856 g/mol. The number of carbonyl (C=O) groups excluding carboxylic acids is 2. The Bertz CT molecular complexity index is 2950. The number of amides is 2. The summed E-state index contributed by atoms with van der Waals surface area (Å²) < 4.78 is 38.1. The van der Waals surface area contributed by atoms with Crippen LogP contribution in [0.1, 0.15) is 37.4 Å². The van der Waals surface area contributed by atoms with E-state index in [0.717, 1.165) is 50.5 Å². The van der Waals surface area contributed by atoms with Gasteiger partial charge in [-0.15, -0.1) is 0 Å². The van der Waals surface area contributed by atoms with Crippen LogP contribution < -0.4 is 20.0 Å². The number of allylic oxidation sites excluding steroid dienone is 2. The summed E-state index contributed by atoms with van der Waals surface area (Å²) in [4.78, 5) is 25.0. The molecule has 0 saturated carbocycles. The number of hydrogen-bond donors (Lipinski definition) is 3. The highest BCUT2D eigenvalue weighted by atomic mass is 32.2. The van der Waals surface area contributed by atoms with Crippen molar-refractivity contribution in [1.82, 2.24) is 19.7 Å². The third-order valence-corrected chi connectivity index (χ3v) is 10.9. The summed E-state index contributed by atoms with van der Waals surface area (Å²) in [7, 11) is 0.0892. The van der Waals surface area contributed by atoms with E-state index in [1.54, 1.807) is 48.6 Å². The van der Waals surface area contributed by atoms with Gasteiger partial charge in [0.1, 0.15) is 12.4 Å². The van der Waals surface area contributed by atoms with Crippen molar-refractivity contribution in [2.45, 2.75) is 11.8 Å². The second kappa shape index (κ2) is 19.5. The van der Waals surface area contributed by atoms with Gasteiger partial charge in [0.05, 0.1) is 31.4 Å². The molecule has 8 rings (SSSR count). The first-order valence-corrected chi connectivity index (χ1v) is 21.2. The number of rotatable bonds is 11. The zero-order valence-electron chi connectivity index (χ0n) is 34.6. The fourth-order valence-corrected chi connectivity index (χ4v) is 7.11. The maximum absolute atomic E-state index is 12.5. The van der Waals surface area contributed by atoms with Crippen molar-refractivity contribution in [1.29, 1.82) is 0 Å². The molecule has 0 atom stereocenters. The molecule has 0 spiro atoms. The van der Waals surface area contributed by atoms with Gasteiger partial charge in [-0.2, -0.15) is 18.6 Å². The van der Waals surface area contributed by atoms with Crippen molar-refractivity contribution in [3.63, 3.8) is 0 Å². The maximum Gasteiger partial charge on any atom is 0.294 e. The summed E-state index contributed by atoms with van der Waals surface area (Å²) in [6.45, 7) is 1.84. The van der Waals surface area contributed by atoms with E-state index in [4.69, 9.17) is 4.55 Å². The van der Waals surface area contributed by atoms with Crippen LogP contribution in [0.2, 0.25) is 0 Å². The Hall–Kier alpha value is -8.07. The Morgan fingerprint density at radius 2 is 1.00 bits per heavy atom. The number of aryl methyl sites for hydroxylation is 3. The highest BCUT2D eigenvalue weighted by Gasteiger charge is 2.16. The van der Waals surface area contributed by atoms with Crippen molar-refractivity contribution in [2.24, 2.45) is 24.3 Å². The van der Waals surface area contributed by atoms with Crippen LogP contribution in [0, 0.1) is 6.92 Å². The lowest BCUT2D eigenvalue weighted by atomic mass is 10.1. The molecule has 0 bridgehead atoms. The molecule has 0 radical (unpaired) electrons. The van der Waals surface area contributed by atoms with Crippen molar-refractivity contribution >= 4 is 57.8 Å². The van der Waals surface area contributed by atoms with Crippen LogP contribution in [0.3, 0.4) is 0 Å². The van der Waals surface area contributed by atoms with E-state index in [2.05, 4.69) is 102 Å². The molecule has 314 valence electrons. The van der Waals surface area contributed by atoms with Crippen molar-refractivity contribution in [3.05, 3.63) is 198 Å². The standard InChI is InChI=1S/C42H34N8O2.C7H8O3S/c1-47-37(29-49-27-5-3-11-39(47)49)33-17-13-31(14-18-33)9-7-25-43-45-41(51)35-21-23-36(24-22-35)42(52)46-44-26-8-10-32-15-19-34(20-16-32)38-30-50-28-6-4-12-40(50)48(38)2;1-6-2-4-7(5-3-6)11(8,9)10/h3-30H,1-2H3;2-5H,1H3,(H,8,9,10)/p+2. The first-order chi connectivity index (χ1) is 30.4. The van der Waals surface area contributed by atoms with E-state index >= 15 is 0 Å². The van der Waals surface area contributed by atoms with Crippen LogP contribution in [0.5, 0.6) is 0 Å². The molecule has 0 aliphatic carbocycles. The number of nitrogens with zero attached hydrogens (tertiary/aromatic N) is 6. The maximum atomic E-state index is 12.5. The molecule has 13 nitrogen and oxygen atoms in total. The Balaban J connectivity index is 0.000000473. The van der Waals surface area contributed by atoms with Crippen LogP contribution in [-0.2, 0) is 24.2 Å². The third-order valence-electron chi connectivity index (χ3n) is 10.0. The summed E-state index contributed by atoms with van der Waals surface area (Å²) >= 11 is 0. The Labute approximate surface area is 364 Å². The second-order valence-electron chi connectivity index (χ2n) is 14.3. The molecule has 0 unspecified atom stereocenters. The lowest BCUT2D eigenvalue weighted by Crippen LogP contribution is -2.29. The topological polar surface area (TPSA) is 154 Å². The van der Waals surface area contributed by atoms with Gasteiger partial charge in [0.25, 0.3) is 33.2 Å². The minimum atomic E-state index is -4.02. The van der Waals surface area contributed by atoms with E-state index in [1.165, 1.54) is 24.6 Å². The molecule has 0 fully saturated rings. The lowest BCUT2D eigenvalue weighted by molar-refractivity contribution is -0.633. The normalized spacial score (nSPS) is 11.8. The highest BCUT2D eigenvalue weighted by molar-refractivity contribution is 7.85. The van der Waals surface area contributed by atoms with E-state index in [0.29, 0.717) is 11.1 Å². The van der Waals surface area contributed by atoms with E-state index < -0.39 is 10.1 Å². The van der Waals surface area contributed by atoms with Gasteiger partial charge in [0, 0.05) is 46.8 Å². The molecule has 4 heterocycles. The minimum Gasteiger partial charge on any atom is -0.282 e. The Morgan fingerprint density at radius 3 is 1.38 bits per heavy atom.